The Hall–Kier alpha value is -0.200. The molecule has 1 saturated carbocycles. The van der Waals surface area contributed by atoms with E-state index in [1.807, 2.05) is 0 Å². The first-order chi connectivity index (χ1) is 7.38. The van der Waals surface area contributed by atoms with Crippen LogP contribution >= 0.6 is 12.2 Å². The van der Waals surface area contributed by atoms with Gasteiger partial charge < -0.3 is 5.73 Å². The Labute approximate surface area is 103 Å². The number of thiocarbonyl (C=S) groups is 1. The zero-order chi connectivity index (χ0) is 12.2. The maximum atomic E-state index is 11.1. The van der Waals surface area contributed by atoms with E-state index in [0.29, 0.717) is 24.1 Å². The topological polar surface area (TPSA) is 63.4 Å². The Morgan fingerprint density at radius 1 is 1.44 bits per heavy atom. The second kappa shape index (κ2) is 5.93. The van der Waals surface area contributed by atoms with Crippen molar-refractivity contribution in [1.29, 1.82) is 0 Å². The third-order valence-corrected chi connectivity index (χ3v) is 4.00. The van der Waals surface area contributed by atoms with E-state index in [9.17, 15) is 8.42 Å². The minimum Gasteiger partial charge on any atom is -0.392 e. The molecule has 2 N–H and O–H groups in total. The van der Waals surface area contributed by atoms with Crippen LogP contribution in [-0.4, -0.2) is 49.4 Å². The summed E-state index contributed by atoms with van der Waals surface area (Å²) in [6, 6.07) is 0.461. The van der Waals surface area contributed by atoms with Crippen LogP contribution in [0, 0.1) is 0 Å². The van der Waals surface area contributed by atoms with Gasteiger partial charge in [-0.3, -0.25) is 4.90 Å². The molecule has 0 aromatic carbocycles. The van der Waals surface area contributed by atoms with Crippen molar-refractivity contribution in [1.82, 2.24) is 4.90 Å². The minimum atomic E-state index is -2.91. The van der Waals surface area contributed by atoms with Gasteiger partial charge in [-0.15, -0.1) is 0 Å². The van der Waals surface area contributed by atoms with Crippen LogP contribution in [0.5, 0.6) is 0 Å². The van der Waals surface area contributed by atoms with E-state index in [1.54, 1.807) is 0 Å². The second-order valence-corrected chi connectivity index (χ2v) is 7.29. The van der Waals surface area contributed by atoms with E-state index in [-0.39, 0.29) is 5.75 Å². The number of hydrogen-bond acceptors (Lipinski definition) is 4. The zero-order valence-electron chi connectivity index (χ0n) is 9.68. The summed E-state index contributed by atoms with van der Waals surface area (Å²) in [6.07, 6.45) is 5.97. The Morgan fingerprint density at radius 3 is 2.44 bits per heavy atom. The standard InChI is InChI=1S/C10H20N2O2S2/c1-16(13,14)7-6-12(8-10(11)15)9-4-2-3-5-9/h9H,2-8H2,1H3,(H2,11,15). The van der Waals surface area contributed by atoms with Crippen molar-refractivity contribution in [3.8, 4) is 0 Å². The first-order valence-corrected chi connectivity index (χ1v) is 8.05. The van der Waals surface area contributed by atoms with Gasteiger partial charge in [0.15, 0.2) is 0 Å². The lowest BCUT2D eigenvalue weighted by Gasteiger charge is -2.27. The molecular weight excluding hydrogens is 244 g/mol. The van der Waals surface area contributed by atoms with E-state index in [2.05, 4.69) is 4.90 Å². The lowest BCUT2D eigenvalue weighted by molar-refractivity contribution is 0.240. The Bertz CT molecular complexity index is 335. The normalized spacial score (nSPS) is 18.1. The predicted octanol–water partition coefficient (Wildman–Crippen LogP) is 0.562. The molecule has 16 heavy (non-hydrogen) atoms. The van der Waals surface area contributed by atoms with Gasteiger partial charge in [-0.25, -0.2) is 8.42 Å². The number of rotatable bonds is 6. The van der Waals surface area contributed by atoms with Crippen molar-refractivity contribution in [2.24, 2.45) is 5.73 Å². The molecule has 0 saturated heterocycles. The lowest BCUT2D eigenvalue weighted by atomic mass is 10.2. The molecule has 0 unspecified atom stereocenters. The fourth-order valence-electron chi connectivity index (χ4n) is 2.14. The van der Waals surface area contributed by atoms with Gasteiger partial charge in [0.1, 0.15) is 9.84 Å². The SMILES string of the molecule is CS(=O)(=O)CCN(CC(N)=S)C1CCCC1. The van der Waals surface area contributed by atoms with Gasteiger partial charge in [-0.05, 0) is 12.8 Å². The van der Waals surface area contributed by atoms with Crippen molar-refractivity contribution >= 4 is 27.0 Å². The molecule has 0 aromatic rings. The first-order valence-electron chi connectivity index (χ1n) is 5.58. The molecule has 0 aliphatic heterocycles. The minimum absolute atomic E-state index is 0.187. The van der Waals surface area contributed by atoms with Crippen LogP contribution in [0.15, 0.2) is 0 Å². The molecule has 1 aliphatic carbocycles. The summed E-state index contributed by atoms with van der Waals surface area (Å²) in [6.45, 7) is 1.08. The van der Waals surface area contributed by atoms with Crippen molar-refractivity contribution in [2.75, 3.05) is 25.1 Å². The fourth-order valence-corrected chi connectivity index (χ4v) is 2.88. The highest BCUT2D eigenvalue weighted by Gasteiger charge is 2.23. The second-order valence-electron chi connectivity index (χ2n) is 4.50. The van der Waals surface area contributed by atoms with Crippen LogP contribution in [0.2, 0.25) is 0 Å². The molecule has 0 bridgehead atoms. The Morgan fingerprint density at radius 2 is 2.00 bits per heavy atom. The van der Waals surface area contributed by atoms with Crippen LogP contribution in [0.4, 0.5) is 0 Å². The molecule has 4 nitrogen and oxygen atoms in total. The van der Waals surface area contributed by atoms with Gasteiger partial charge >= 0.3 is 0 Å². The smallest absolute Gasteiger partial charge is 0.148 e. The molecular formula is C10H20N2O2S2. The summed E-state index contributed by atoms with van der Waals surface area (Å²) in [4.78, 5) is 2.57. The van der Waals surface area contributed by atoms with Gasteiger partial charge in [0.25, 0.3) is 0 Å². The molecule has 94 valence electrons. The summed E-state index contributed by atoms with van der Waals surface area (Å²) in [5.74, 6) is 0.187. The van der Waals surface area contributed by atoms with Gasteiger partial charge in [0, 0.05) is 25.4 Å². The molecule has 0 radical (unpaired) electrons. The van der Waals surface area contributed by atoms with Crippen molar-refractivity contribution in [3.63, 3.8) is 0 Å². The van der Waals surface area contributed by atoms with Crippen LogP contribution in [0.1, 0.15) is 25.7 Å². The van der Waals surface area contributed by atoms with Gasteiger partial charge in [0.05, 0.1) is 10.7 Å². The molecule has 1 rings (SSSR count). The lowest BCUT2D eigenvalue weighted by Crippen LogP contribution is -2.41. The van der Waals surface area contributed by atoms with E-state index >= 15 is 0 Å². The molecule has 1 fully saturated rings. The van der Waals surface area contributed by atoms with Crippen molar-refractivity contribution in [3.05, 3.63) is 0 Å². The van der Waals surface area contributed by atoms with Crippen LogP contribution in [-0.2, 0) is 9.84 Å². The van der Waals surface area contributed by atoms with Crippen molar-refractivity contribution in [2.45, 2.75) is 31.7 Å². The average Bonchev–Trinajstić information content (AvgIpc) is 2.62. The molecule has 0 amide bonds. The summed E-state index contributed by atoms with van der Waals surface area (Å²) in [5.41, 5.74) is 5.54. The number of nitrogens with zero attached hydrogens (tertiary/aromatic N) is 1. The van der Waals surface area contributed by atoms with Crippen molar-refractivity contribution < 1.29 is 8.42 Å². The molecule has 0 atom stereocenters. The number of sulfone groups is 1. The molecule has 1 aliphatic rings. The summed E-state index contributed by atoms with van der Waals surface area (Å²) >= 11 is 4.90. The summed E-state index contributed by atoms with van der Waals surface area (Å²) in [5, 5.41) is 0. The molecule has 0 aromatic heterocycles. The van der Waals surface area contributed by atoms with E-state index in [1.165, 1.54) is 19.1 Å². The highest BCUT2D eigenvalue weighted by atomic mass is 32.2. The van der Waals surface area contributed by atoms with E-state index < -0.39 is 9.84 Å². The van der Waals surface area contributed by atoms with Crippen LogP contribution in [0.3, 0.4) is 0 Å². The molecule has 6 heteroatoms. The monoisotopic (exact) mass is 264 g/mol. The maximum Gasteiger partial charge on any atom is 0.148 e. The average molecular weight is 264 g/mol. The Balaban J connectivity index is 2.52. The number of nitrogens with two attached hydrogens (primary N) is 1. The molecule has 0 heterocycles. The van der Waals surface area contributed by atoms with E-state index in [4.69, 9.17) is 18.0 Å². The third kappa shape index (κ3) is 5.23. The fraction of sp³-hybridized carbons (Fsp3) is 0.900. The quantitative estimate of drug-likeness (QED) is 0.710. The van der Waals surface area contributed by atoms with Gasteiger partial charge in [-0.1, -0.05) is 25.1 Å². The predicted molar refractivity (Wildman–Crippen MR) is 70.3 cm³/mol. The highest BCUT2D eigenvalue weighted by molar-refractivity contribution is 7.90. The maximum absolute atomic E-state index is 11.1. The van der Waals surface area contributed by atoms with Gasteiger partial charge in [-0.2, -0.15) is 0 Å². The van der Waals surface area contributed by atoms with Crippen LogP contribution < -0.4 is 5.73 Å². The third-order valence-electron chi connectivity index (χ3n) is 2.95. The zero-order valence-corrected chi connectivity index (χ0v) is 11.3. The molecule has 0 spiro atoms. The first kappa shape index (κ1) is 13.9. The van der Waals surface area contributed by atoms with Crippen LogP contribution in [0.25, 0.3) is 0 Å². The summed E-state index contributed by atoms with van der Waals surface area (Å²) in [7, 11) is -2.91. The Kier molecular flexibility index (Phi) is 5.14. The van der Waals surface area contributed by atoms with Gasteiger partial charge in [0.2, 0.25) is 0 Å². The number of hydrogen-bond donors (Lipinski definition) is 1. The van der Waals surface area contributed by atoms with E-state index in [0.717, 1.165) is 12.8 Å². The highest BCUT2D eigenvalue weighted by Crippen LogP contribution is 2.23. The summed E-state index contributed by atoms with van der Waals surface area (Å²) < 4.78 is 22.3. The largest absolute Gasteiger partial charge is 0.392 e.